The molecule has 0 spiro atoms. The van der Waals surface area contributed by atoms with Gasteiger partial charge in [-0.05, 0) is 42.5 Å². The van der Waals surface area contributed by atoms with Crippen molar-refractivity contribution in [2.75, 3.05) is 18.2 Å². The number of nitrogens with zero attached hydrogens (tertiary/aromatic N) is 2. The van der Waals surface area contributed by atoms with E-state index < -0.39 is 5.97 Å². The van der Waals surface area contributed by atoms with Gasteiger partial charge in [-0.3, -0.25) is 9.59 Å². The monoisotopic (exact) mass is 397 g/mol. The summed E-state index contributed by atoms with van der Waals surface area (Å²) in [6.45, 7) is 1.77. The third-order valence-electron chi connectivity index (χ3n) is 4.30. The number of esters is 1. The van der Waals surface area contributed by atoms with Gasteiger partial charge in [-0.2, -0.15) is 11.8 Å². The highest BCUT2D eigenvalue weighted by atomic mass is 32.2. The Kier molecular flexibility index (Phi) is 6.71. The predicted octanol–water partition coefficient (Wildman–Crippen LogP) is 3.64. The van der Waals surface area contributed by atoms with Gasteiger partial charge in [0, 0.05) is 5.69 Å². The van der Waals surface area contributed by atoms with Gasteiger partial charge in [0.15, 0.2) is 6.61 Å². The second-order valence-electron chi connectivity index (χ2n) is 6.30. The number of anilines is 1. The Morgan fingerprint density at radius 1 is 1.14 bits per heavy atom. The summed E-state index contributed by atoms with van der Waals surface area (Å²) in [5.74, 6) is 0.668. The second kappa shape index (κ2) is 9.41. The van der Waals surface area contributed by atoms with Gasteiger partial charge in [0.2, 0.25) is 0 Å². The van der Waals surface area contributed by atoms with Crippen molar-refractivity contribution in [1.29, 1.82) is 0 Å². The molecule has 2 aromatic carbocycles. The number of para-hydroxylation sites is 2. The van der Waals surface area contributed by atoms with Gasteiger partial charge in [-0.1, -0.05) is 31.2 Å². The fourth-order valence-electron chi connectivity index (χ4n) is 2.88. The number of carbonyl (C=O) groups is 2. The maximum Gasteiger partial charge on any atom is 0.326 e. The van der Waals surface area contributed by atoms with Crippen LogP contribution in [0.4, 0.5) is 5.69 Å². The molecule has 1 aromatic heterocycles. The number of ether oxygens (including phenoxy) is 1. The number of benzene rings is 2. The van der Waals surface area contributed by atoms with Gasteiger partial charge in [0.05, 0.1) is 16.8 Å². The molecule has 7 heteroatoms. The van der Waals surface area contributed by atoms with E-state index in [1.807, 2.05) is 59.4 Å². The minimum atomic E-state index is -0.470. The number of fused-ring (bicyclic) bond motifs is 1. The average Bonchev–Trinajstić information content (AvgIpc) is 3.04. The Balaban J connectivity index is 1.58. The number of amides is 1. The molecule has 0 aliphatic heterocycles. The highest BCUT2D eigenvalue weighted by molar-refractivity contribution is 7.97. The van der Waals surface area contributed by atoms with Gasteiger partial charge in [0.25, 0.3) is 5.91 Å². The van der Waals surface area contributed by atoms with Crippen molar-refractivity contribution in [3.63, 3.8) is 0 Å². The van der Waals surface area contributed by atoms with E-state index in [4.69, 9.17) is 4.74 Å². The zero-order valence-electron chi connectivity index (χ0n) is 16.0. The second-order valence-corrected chi connectivity index (χ2v) is 7.16. The maximum absolute atomic E-state index is 12.3. The van der Waals surface area contributed by atoms with E-state index in [1.165, 1.54) is 5.56 Å². The van der Waals surface area contributed by atoms with Crippen molar-refractivity contribution in [3.8, 4) is 0 Å². The Labute approximate surface area is 168 Å². The molecule has 1 amide bonds. The summed E-state index contributed by atoms with van der Waals surface area (Å²) in [6, 6.07) is 15.3. The van der Waals surface area contributed by atoms with Gasteiger partial charge in [0.1, 0.15) is 12.4 Å². The number of hydrogen-bond acceptors (Lipinski definition) is 5. The van der Waals surface area contributed by atoms with Crippen molar-refractivity contribution in [2.24, 2.45) is 0 Å². The first-order valence-corrected chi connectivity index (χ1v) is 10.5. The maximum atomic E-state index is 12.3. The number of nitrogens with one attached hydrogen (secondary N) is 1. The number of thioether (sulfide) groups is 1. The molecular formula is C21H23N3O3S. The van der Waals surface area contributed by atoms with Crippen molar-refractivity contribution in [1.82, 2.24) is 9.55 Å². The molecule has 3 aromatic rings. The SMILES string of the molecule is CCc1ccc(NC(=O)COC(=O)Cn2c(CSC)nc3ccccc32)cc1. The summed E-state index contributed by atoms with van der Waals surface area (Å²) in [4.78, 5) is 28.9. The van der Waals surface area contributed by atoms with Gasteiger partial charge >= 0.3 is 5.97 Å². The first-order chi connectivity index (χ1) is 13.6. The topological polar surface area (TPSA) is 73.2 Å². The Bertz CT molecular complexity index is 967. The summed E-state index contributed by atoms with van der Waals surface area (Å²) in [5.41, 5.74) is 3.59. The van der Waals surface area contributed by atoms with E-state index in [0.717, 1.165) is 23.3 Å². The molecule has 0 atom stereocenters. The zero-order chi connectivity index (χ0) is 19.9. The van der Waals surface area contributed by atoms with Gasteiger partial charge in [-0.25, -0.2) is 4.98 Å². The number of aryl methyl sites for hydroxylation is 1. The number of carbonyl (C=O) groups excluding carboxylic acids is 2. The molecule has 1 heterocycles. The lowest BCUT2D eigenvalue weighted by Gasteiger charge is -2.10. The number of rotatable bonds is 8. The molecule has 6 nitrogen and oxygen atoms in total. The normalized spacial score (nSPS) is 10.8. The standard InChI is InChI=1S/C21H23N3O3S/c1-3-15-8-10-16(11-9-15)22-20(25)13-27-21(26)12-24-18-7-5-4-6-17(18)23-19(24)14-28-2/h4-11H,3,12-14H2,1-2H3,(H,22,25). The smallest absolute Gasteiger partial charge is 0.326 e. The molecule has 0 saturated heterocycles. The molecule has 0 radical (unpaired) electrons. The van der Waals surface area contributed by atoms with Crippen molar-refractivity contribution >= 4 is 40.4 Å². The van der Waals surface area contributed by atoms with Crippen LogP contribution in [0.15, 0.2) is 48.5 Å². The summed E-state index contributed by atoms with van der Waals surface area (Å²) in [6.07, 6.45) is 2.92. The summed E-state index contributed by atoms with van der Waals surface area (Å²) in [5, 5.41) is 2.73. The summed E-state index contributed by atoms with van der Waals surface area (Å²) < 4.78 is 7.01. The molecule has 0 saturated carbocycles. The number of imidazole rings is 1. The van der Waals surface area contributed by atoms with Crippen LogP contribution in [0.1, 0.15) is 18.3 Å². The van der Waals surface area contributed by atoms with Crippen molar-refractivity contribution in [3.05, 3.63) is 59.9 Å². The van der Waals surface area contributed by atoms with Crippen LogP contribution in [0.3, 0.4) is 0 Å². The largest absolute Gasteiger partial charge is 0.454 e. The molecule has 0 aliphatic rings. The van der Waals surface area contributed by atoms with Crippen LogP contribution in [-0.2, 0) is 33.0 Å². The van der Waals surface area contributed by atoms with Crippen LogP contribution in [0.25, 0.3) is 11.0 Å². The average molecular weight is 398 g/mol. The third kappa shape index (κ3) is 4.92. The zero-order valence-corrected chi connectivity index (χ0v) is 16.8. The fourth-order valence-corrected chi connectivity index (χ4v) is 3.36. The lowest BCUT2D eigenvalue weighted by atomic mass is 10.1. The van der Waals surface area contributed by atoms with E-state index in [-0.39, 0.29) is 19.1 Å². The molecule has 1 N–H and O–H groups in total. The number of hydrogen-bond donors (Lipinski definition) is 1. The first kappa shape index (κ1) is 19.9. The van der Waals surface area contributed by atoms with Crippen molar-refractivity contribution < 1.29 is 14.3 Å². The van der Waals surface area contributed by atoms with E-state index in [0.29, 0.717) is 11.4 Å². The van der Waals surface area contributed by atoms with Crippen LogP contribution in [0.2, 0.25) is 0 Å². The fraction of sp³-hybridized carbons (Fsp3) is 0.286. The Hall–Kier alpha value is -2.80. The molecule has 3 rings (SSSR count). The highest BCUT2D eigenvalue weighted by Crippen LogP contribution is 2.19. The third-order valence-corrected chi connectivity index (χ3v) is 4.85. The minimum absolute atomic E-state index is 0.0227. The molecule has 146 valence electrons. The van der Waals surface area contributed by atoms with E-state index in [9.17, 15) is 9.59 Å². The summed E-state index contributed by atoms with van der Waals surface area (Å²) >= 11 is 1.63. The van der Waals surface area contributed by atoms with E-state index in [1.54, 1.807) is 11.8 Å². The van der Waals surface area contributed by atoms with Crippen molar-refractivity contribution in [2.45, 2.75) is 25.6 Å². The van der Waals surface area contributed by atoms with Crippen LogP contribution >= 0.6 is 11.8 Å². The molecular weight excluding hydrogens is 374 g/mol. The van der Waals surface area contributed by atoms with Crippen LogP contribution in [0, 0.1) is 0 Å². The Morgan fingerprint density at radius 2 is 1.89 bits per heavy atom. The highest BCUT2D eigenvalue weighted by Gasteiger charge is 2.15. The first-order valence-electron chi connectivity index (χ1n) is 9.08. The lowest BCUT2D eigenvalue weighted by molar-refractivity contribution is -0.147. The Morgan fingerprint density at radius 3 is 2.61 bits per heavy atom. The predicted molar refractivity (Wildman–Crippen MR) is 112 cm³/mol. The van der Waals surface area contributed by atoms with E-state index >= 15 is 0 Å². The quantitative estimate of drug-likeness (QED) is 0.588. The van der Waals surface area contributed by atoms with Gasteiger partial charge in [-0.15, -0.1) is 0 Å². The van der Waals surface area contributed by atoms with Crippen LogP contribution in [-0.4, -0.2) is 34.3 Å². The molecule has 28 heavy (non-hydrogen) atoms. The lowest BCUT2D eigenvalue weighted by Crippen LogP contribution is -2.23. The molecule has 0 aliphatic carbocycles. The van der Waals surface area contributed by atoms with Crippen LogP contribution < -0.4 is 5.32 Å². The molecule has 0 bridgehead atoms. The molecule has 0 fully saturated rings. The van der Waals surface area contributed by atoms with Crippen LogP contribution in [0.5, 0.6) is 0 Å². The van der Waals surface area contributed by atoms with E-state index in [2.05, 4.69) is 17.2 Å². The summed E-state index contributed by atoms with van der Waals surface area (Å²) in [7, 11) is 0. The minimum Gasteiger partial charge on any atom is -0.454 e. The van der Waals surface area contributed by atoms with Gasteiger partial charge < -0.3 is 14.6 Å². The molecule has 0 unspecified atom stereocenters. The number of aromatic nitrogens is 2.